The fourth-order valence-corrected chi connectivity index (χ4v) is 4.63. The SMILES string of the molecule is Cc1ccc(C(=O)N2CCC(N3CCC(Oc4nccs4)CC3)CC2)cc1. The molecule has 0 saturated carbocycles. The quantitative estimate of drug-likeness (QED) is 0.807. The fraction of sp³-hybridized carbons (Fsp3) is 0.524. The maximum atomic E-state index is 12.7. The van der Waals surface area contributed by atoms with Gasteiger partial charge in [0.2, 0.25) is 0 Å². The van der Waals surface area contributed by atoms with E-state index in [1.165, 1.54) is 5.56 Å². The van der Waals surface area contributed by atoms with Gasteiger partial charge in [-0.05, 0) is 44.7 Å². The van der Waals surface area contributed by atoms with Crippen molar-refractivity contribution < 1.29 is 9.53 Å². The van der Waals surface area contributed by atoms with E-state index in [-0.39, 0.29) is 12.0 Å². The summed E-state index contributed by atoms with van der Waals surface area (Å²) in [5.74, 6) is 0.170. The number of piperidine rings is 2. The number of hydrogen-bond donors (Lipinski definition) is 0. The zero-order valence-electron chi connectivity index (χ0n) is 15.8. The normalized spacial score (nSPS) is 20.0. The van der Waals surface area contributed by atoms with Gasteiger partial charge < -0.3 is 9.64 Å². The number of thiazole rings is 1. The first-order chi connectivity index (χ1) is 13.2. The van der Waals surface area contributed by atoms with Crippen LogP contribution in [-0.2, 0) is 0 Å². The smallest absolute Gasteiger partial charge is 0.273 e. The van der Waals surface area contributed by atoms with Crippen molar-refractivity contribution in [2.75, 3.05) is 26.2 Å². The predicted molar refractivity (Wildman–Crippen MR) is 107 cm³/mol. The highest BCUT2D eigenvalue weighted by Gasteiger charge is 2.30. The Bertz CT molecular complexity index is 731. The van der Waals surface area contributed by atoms with Crippen molar-refractivity contribution in [3.8, 4) is 5.19 Å². The second kappa shape index (κ2) is 8.40. The Kier molecular flexibility index (Phi) is 5.74. The molecule has 0 radical (unpaired) electrons. The third-order valence-corrected chi connectivity index (χ3v) is 6.38. The van der Waals surface area contributed by atoms with Crippen LogP contribution in [0, 0.1) is 6.92 Å². The van der Waals surface area contributed by atoms with Gasteiger partial charge in [-0.15, -0.1) is 0 Å². The minimum atomic E-state index is 0.170. The van der Waals surface area contributed by atoms with Crippen molar-refractivity contribution in [2.45, 2.75) is 44.8 Å². The second-order valence-electron chi connectivity index (χ2n) is 7.54. The minimum absolute atomic E-state index is 0.170. The van der Waals surface area contributed by atoms with E-state index in [4.69, 9.17) is 4.74 Å². The van der Waals surface area contributed by atoms with Crippen LogP contribution < -0.4 is 4.74 Å². The summed E-state index contributed by atoms with van der Waals surface area (Å²) in [6.45, 7) is 5.91. The minimum Gasteiger partial charge on any atom is -0.467 e. The monoisotopic (exact) mass is 385 g/mol. The van der Waals surface area contributed by atoms with E-state index < -0.39 is 0 Å². The number of amides is 1. The van der Waals surface area contributed by atoms with Crippen molar-refractivity contribution in [2.24, 2.45) is 0 Å². The lowest BCUT2D eigenvalue weighted by Gasteiger charge is -2.41. The van der Waals surface area contributed by atoms with Crippen LogP contribution in [0.1, 0.15) is 41.6 Å². The number of ether oxygens (including phenoxy) is 1. The van der Waals surface area contributed by atoms with Gasteiger partial charge in [0.25, 0.3) is 11.1 Å². The first-order valence-electron chi connectivity index (χ1n) is 9.85. The highest BCUT2D eigenvalue weighted by atomic mass is 32.1. The number of carbonyl (C=O) groups is 1. The number of aryl methyl sites for hydroxylation is 1. The van der Waals surface area contributed by atoms with Gasteiger partial charge in [0.05, 0.1) is 0 Å². The number of aromatic nitrogens is 1. The highest BCUT2D eigenvalue weighted by Crippen LogP contribution is 2.25. The maximum Gasteiger partial charge on any atom is 0.273 e. The summed E-state index contributed by atoms with van der Waals surface area (Å²) in [5.41, 5.74) is 1.99. The molecule has 0 spiro atoms. The molecule has 1 aromatic heterocycles. The molecule has 0 bridgehead atoms. The van der Waals surface area contributed by atoms with Crippen molar-refractivity contribution in [3.63, 3.8) is 0 Å². The molecule has 0 unspecified atom stereocenters. The molecule has 2 fully saturated rings. The molecule has 2 aromatic rings. The van der Waals surface area contributed by atoms with Crippen LogP contribution in [0.5, 0.6) is 5.19 Å². The summed E-state index contributed by atoms with van der Waals surface area (Å²) in [7, 11) is 0. The zero-order chi connectivity index (χ0) is 18.6. The molecule has 1 aromatic carbocycles. The zero-order valence-corrected chi connectivity index (χ0v) is 16.7. The number of likely N-dealkylation sites (tertiary alicyclic amines) is 2. The lowest BCUT2D eigenvalue weighted by atomic mass is 9.98. The largest absolute Gasteiger partial charge is 0.467 e. The first kappa shape index (κ1) is 18.4. The molecule has 6 heteroatoms. The summed E-state index contributed by atoms with van der Waals surface area (Å²) in [6.07, 6.45) is 6.33. The Labute approximate surface area is 165 Å². The molecule has 2 saturated heterocycles. The highest BCUT2D eigenvalue weighted by molar-refractivity contribution is 7.11. The fourth-order valence-electron chi connectivity index (χ4n) is 4.08. The van der Waals surface area contributed by atoms with E-state index in [1.54, 1.807) is 17.5 Å². The van der Waals surface area contributed by atoms with Crippen LogP contribution in [0.4, 0.5) is 0 Å². The van der Waals surface area contributed by atoms with E-state index in [2.05, 4.69) is 9.88 Å². The molecule has 2 aliphatic heterocycles. The first-order valence-corrected chi connectivity index (χ1v) is 10.7. The number of benzene rings is 1. The molecule has 5 nitrogen and oxygen atoms in total. The van der Waals surface area contributed by atoms with Gasteiger partial charge in [0, 0.05) is 49.4 Å². The van der Waals surface area contributed by atoms with Crippen molar-refractivity contribution in [1.29, 1.82) is 0 Å². The standard InChI is InChI=1S/C21H27N3O2S/c1-16-2-4-17(5-3-16)20(25)24-11-6-18(7-12-24)23-13-8-19(9-14-23)26-21-22-10-15-27-21/h2-5,10,15,18-19H,6-9,11-14H2,1H3. The van der Waals surface area contributed by atoms with Crippen LogP contribution in [0.3, 0.4) is 0 Å². The third kappa shape index (κ3) is 4.50. The van der Waals surface area contributed by atoms with Crippen LogP contribution in [0.15, 0.2) is 35.8 Å². The average molecular weight is 386 g/mol. The van der Waals surface area contributed by atoms with E-state index in [1.807, 2.05) is 41.5 Å². The molecule has 3 heterocycles. The van der Waals surface area contributed by atoms with E-state index in [0.29, 0.717) is 6.04 Å². The molecule has 27 heavy (non-hydrogen) atoms. The lowest BCUT2D eigenvalue weighted by Crippen LogP contribution is -2.50. The van der Waals surface area contributed by atoms with Gasteiger partial charge in [-0.2, -0.15) is 0 Å². The summed E-state index contributed by atoms with van der Waals surface area (Å²) in [4.78, 5) is 21.5. The molecule has 144 valence electrons. The van der Waals surface area contributed by atoms with E-state index >= 15 is 0 Å². The molecule has 4 rings (SSSR count). The Hall–Kier alpha value is -1.92. The Morgan fingerprint density at radius 3 is 2.41 bits per heavy atom. The second-order valence-corrected chi connectivity index (χ2v) is 8.40. The summed E-state index contributed by atoms with van der Waals surface area (Å²) >= 11 is 1.56. The summed E-state index contributed by atoms with van der Waals surface area (Å²) in [6, 6.07) is 8.50. The van der Waals surface area contributed by atoms with Gasteiger partial charge in [-0.3, -0.25) is 9.69 Å². The molecule has 2 aliphatic rings. The average Bonchev–Trinajstić information content (AvgIpc) is 3.22. The Morgan fingerprint density at radius 1 is 1.07 bits per heavy atom. The van der Waals surface area contributed by atoms with Gasteiger partial charge in [-0.25, -0.2) is 4.98 Å². The Morgan fingerprint density at radius 2 is 1.78 bits per heavy atom. The Balaban J connectivity index is 1.24. The van der Waals surface area contributed by atoms with Crippen molar-refractivity contribution in [1.82, 2.24) is 14.8 Å². The molecule has 1 amide bonds. The van der Waals surface area contributed by atoms with Crippen LogP contribution in [-0.4, -0.2) is 59.0 Å². The molecule has 0 atom stereocenters. The summed E-state index contributed by atoms with van der Waals surface area (Å²) in [5, 5.41) is 2.74. The third-order valence-electron chi connectivity index (χ3n) is 5.72. The summed E-state index contributed by atoms with van der Waals surface area (Å²) < 4.78 is 5.96. The van der Waals surface area contributed by atoms with Crippen molar-refractivity contribution in [3.05, 3.63) is 47.0 Å². The van der Waals surface area contributed by atoms with Gasteiger partial charge >= 0.3 is 0 Å². The van der Waals surface area contributed by atoms with Crippen LogP contribution >= 0.6 is 11.3 Å². The van der Waals surface area contributed by atoms with Gasteiger partial charge in [0.15, 0.2) is 0 Å². The lowest BCUT2D eigenvalue weighted by molar-refractivity contribution is 0.0425. The molecular formula is C21H27N3O2S. The number of carbonyl (C=O) groups excluding carboxylic acids is 1. The predicted octanol–water partition coefficient (Wildman–Crippen LogP) is 3.60. The molecular weight excluding hydrogens is 358 g/mol. The van der Waals surface area contributed by atoms with Gasteiger partial charge in [-0.1, -0.05) is 29.0 Å². The number of nitrogens with zero attached hydrogens (tertiary/aromatic N) is 3. The maximum absolute atomic E-state index is 12.7. The topological polar surface area (TPSA) is 45.7 Å². The van der Waals surface area contributed by atoms with Crippen LogP contribution in [0.25, 0.3) is 0 Å². The van der Waals surface area contributed by atoms with Crippen molar-refractivity contribution >= 4 is 17.2 Å². The molecule has 0 N–H and O–H groups in total. The van der Waals surface area contributed by atoms with E-state index in [0.717, 1.165) is 62.6 Å². The number of rotatable bonds is 4. The molecule has 0 aliphatic carbocycles. The van der Waals surface area contributed by atoms with E-state index in [9.17, 15) is 4.79 Å². The van der Waals surface area contributed by atoms with Crippen LogP contribution in [0.2, 0.25) is 0 Å². The van der Waals surface area contributed by atoms with Gasteiger partial charge in [0.1, 0.15) is 6.10 Å². The number of hydrogen-bond acceptors (Lipinski definition) is 5.